The molecule has 3 unspecified atom stereocenters. The minimum atomic E-state index is -0.958. The molecule has 0 aliphatic rings. The fourth-order valence-corrected chi connectivity index (χ4v) is 5.04. The van der Waals surface area contributed by atoms with Crippen molar-refractivity contribution in [1.82, 2.24) is 10.2 Å². The van der Waals surface area contributed by atoms with Crippen molar-refractivity contribution in [3.8, 4) is 0 Å². The molecule has 7 nitrogen and oxygen atoms in total. The fourth-order valence-electron chi connectivity index (χ4n) is 5.04. The summed E-state index contributed by atoms with van der Waals surface area (Å²) in [4.78, 5) is 43.8. The van der Waals surface area contributed by atoms with Gasteiger partial charge in [-0.2, -0.15) is 0 Å². The van der Waals surface area contributed by atoms with Crippen LogP contribution in [0.25, 0.3) is 10.8 Å². The summed E-state index contributed by atoms with van der Waals surface area (Å²) in [6.07, 6.45) is 0.566. The van der Waals surface area contributed by atoms with Crippen molar-refractivity contribution in [3.63, 3.8) is 0 Å². The van der Waals surface area contributed by atoms with Crippen LogP contribution < -0.4 is 10.6 Å². The molecule has 0 aromatic heterocycles. The Balaban J connectivity index is 2.15. The van der Waals surface area contributed by atoms with Crippen LogP contribution in [0.4, 0.5) is 10.5 Å². The van der Waals surface area contributed by atoms with Gasteiger partial charge >= 0.3 is 6.09 Å². The van der Waals surface area contributed by atoms with Crippen molar-refractivity contribution >= 4 is 34.4 Å². The van der Waals surface area contributed by atoms with Crippen molar-refractivity contribution in [2.75, 3.05) is 5.32 Å². The van der Waals surface area contributed by atoms with Gasteiger partial charge in [-0.3, -0.25) is 9.59 Å². The first-order chi connectivity index (χ1) is 20.1. The van der Waals surface area contributed by atoms with Gasteiger partial charge in [-0.05, 0) is 100 Å². The number of nitrogens with one attached hydrogen (secondary N) is 2. The van der Waals surface area contributed by atoms with Gasteiger partial charge in [0.25, 0.3) is 5.91 Å². The van der Waals surface area contributed by atoms with Crippen LogP contribution in [-0.4, -0.2) is 40.0 Å². The van der Waals surface area contributed by atoms with Crippen molar-refractivity contribution in [1.29, 1.82) is 0 Å². The van der Waals surface area contributed by atoms with Crippen LogP contribution in [0.2, 0.25) is 0 Å². The Bertz CT molecular complexity index is 1460. The number of hydrogen-bond acceptors (Lipinski definition) is 4. The normalized spacial score (nSPS) is 14.0. The predicted octanol–water partition coefficient (Wildman–Crippen LogP) is 8.09. The van der Waals surface area contributed by atoms with Gasteiger partial charge in [0.15, 0.2) is 0 Å². The monoisotopic (exact) mass is 587 g/mol. The van der Waals surface area contributed by atoms with Gasteiger partial charge in [-0.15, -0.1) is 0 Å². The first-order valence-corrected chi connectivity index (χ1v) is 15.3. The number of aryl methyl sites for hydroxylation is 2. The number of anilines is 1. The molecule has 2 N–H and O–H groups in total. The Hall–Kier alpha value is -3.87. The van der Waals surface area contributed by atoms with E-state index in [1.165, 1.54) is 0 Å². The van der Waals surface area contributed by atoms with Crippen LogP contribution in [0.5, 0.6) is 0 Å². The van der Waals surface area contributed by atoms with E-state index in [9.17, 15) is 14.4 Å². The number of carbonyl (C=O) groups is 3. The lowest BCUT2D eigenvalue weighted by molar-refractivity contribution is -0.148. The molecular formula is C36H49N3O4. The number of nitrogens with zero attached hydrogens (tertiary/aromatic N) is 1. The molecule has 0 heterocycles. The van der Waals surface area contributed by atoms with Gasteiger partial charge < -0.3 is 20.3 Å². The molecule has 0 fully saturated rings. The Morgan fingerprint density at radius 2 is 1.51 bits per heavy atom. The van der Waals surface area contributed by atoms with E-state index in [0.29, 0.717) is 24.1 Å². The van der Waals surface area contributed by atoms with Crippen LogP contribution in [0.3, 0.4) is 0 Å². The highest BCUT2D eigenvalue weighted by Crippen LogP contribution is 2.35. The van der Waals surface area contributed by atoms with E-state index in [1.54, 1.807) is 25.7 Å². The third-order valence-electron chi connectivity index (χ3n) is 8.28. The number of hydrogen-bond donors (Lipinski definition) is 2. The number of carbonyl (C=O) groups excluding carboxylic acids is 3. The topological polar surface area (TPSA) is 87.7 Å². The highest BCUT2D eigenvalue weighted by molar-refractivity contribution is 6.00. The van der Waals surface area contributed by atoms with E-state index < -0.39 is 29.3 Å². The van der Waals surface area contributed by atoms with Crippen LogP contribution in [-0.2, 0) is 14.3 Å². The summed E-state index contributed by atoms with van der Waals surface area (Å²) in [7, 11) is 0. The molecule has 0 bridgehead atoms. The van der Waals surface area contributed by atoms with Crippen molar-refractivity contribution < 1.29 is 19.1 Å². The zero-order chi connectivity index (χ0) is 32.1. The third-order valence-corrected chi connectivity index (χ3v) is 8.28. The lowest BCUT2D eigenvalue weighted by Crippen LogP contribution is -2.60. The summed E-state index contributed by atoms with van der Waals surface area (Å²) < 4.78 is 5.54. The maximum Gasteiger partial charge on any atom is 0.408 e. The predicted molar refractivity (Wildman–Crippen MR) is 175 cm³/mol. The lowest BCUT2D eigenvalue weighted by Gasteiger charge is -2.45. The number of benzene rings is 3. The highest BCUT2D eigenvalue weighted by Gasteiger charge is 2.44. The average Bonchev–Trinajstić information content (AvgIpc) is 2.94. The van der Waals surface area contributed by atoms with Gasteiger partial charge in [0.2, 0.25) is 5.91 Å². The van der Waals surface area contributed by atoms with E-state index in [0.717, 1.165) is 21.9 Å². The van der Waals surface area contributed by atoms with Gasteiger partial charge in [0.05, 0.1) is 0 Å². The number of rotatable bonds is 10. The van der Waals surface area contributed by atoms with Crippen LogP contribution in [0.1, 0.15) is 91.0 Å². The van der Waals surface area contributed by atoms with E-state index in [1.807, 2.05) is 109 Å². The van der Waals surface area contributed by atoms with Crippen LogP contribution in [0, 0.1) is 19.8 Å². The minimum Gasteiger partial charge on any atom is -0.444 e. The molecule has 0 saturated carbocycles. The van der Waals surface area contributed by atoms with E-state index in [4.69, 9.17) is 4.74 Å². The second-order valence-corrected chi connectivity index (χ2v) is 13.2. The molecule has 3 atom stereocenters. The van der Waals surface area contributed by atoms with Crippen molar-refractivity contribution in [2.45, 2.75) is 105 Å². The molecule has 3 amide bonds. The van der Waals surface area contributed by atoms with E-state index in [2.05, 4.69) is 10.6 Å². The van der Waals surface area contributed by atoms with Crippen LogP contribution >= 0.6 is 0 Å². The molecule has 232 valence electrons. The lowest BCUT2D eigenvalue weighted by atomic mass is 9.88. The van der Waals surface area contributed by atoms with Crippen molar-refractivity contribution in [3.05, 3.63) is 77.4 Å². The summed E-state index contributed by atoms with van der Waals surface area (Å²) in [5.74, 6) is -0.864. The molecule has 43 heavy (non-hydrogen) atoms. The Labute approximate surface area is 257 Å². The first-order valence-electron chi connectivity index (χ1n) is 15.3. The standard InChI is InChI=1S/C36H49N3O4/c1-11-23(3)30(38-34(42)43-35(6,7)8)33(41)39(36(9,10)12-2)31(28-18-17-24(4)25(5)21-28)32(40)37-29-20-19-26-15-13-14-16-27(26)22-29/h13-23,30-31H,11-12H2,1-10H3,(H,37,40)(H,38,42). The second kappa shape index (κ2) is 13.6. The summed E-state index contributed by atoms with van der Waals surface area (Å²) >= 11 is 0. The number of alkyl carbamates (subject to hydrolysis) is 1. The molecule has 0 aliphatic heterocycles. The summed E-state index contributed by atoms with van der Waals surface area (Å²) in [6, 6.07) is 17.8. The minimum absolute atomic E-state index is 0.209. The largest absolute Gasteiger partial charge is 0.444 e. The summed E-state index contributed by atoms with van der Waals surface area (Å²) in [5, 5.41) is 8.03. The zero-order valence-electron chi connectivity index (χ0n) is 27.5. The van der Waals surface area contributed by atoms with Gasteiger partial charge in [0, 0.05) is 11.2 Å². The maximum atomic E-state index is 14.7. The van der Waals surface area contributed by atoms with E-state index >= 15 is 0 Å². The van der Waals surface area contributed by atoms with Gasteiger partial charge in [0.1, 0.15) is 17.7 Å². The maximum absolute atomic E-state index is 14.7. The molecule has 7 heteroatoms. The van der Waals surface area contributed by atoms with Gasteiger partial charge in [-0.1, -0.05) is 75.7 Å². The van der Waals surface area contributed by atoms with Gasteiger partial charge in [-0.25, -0.2) is 4.79 Å². The smallest absolute Gasteiger partial charge is 0.408 e. The Kier molecular flexibility index (Phi) is 10.7. The molecular weight excluding hydrogens is 538 g/mol. The highest BCUT2D eigenvalue weighted by atomic mass is 16.6. The molecule has 0 spiro atoms. The van der Waals surface area contributed by atoms with Crippen molar-refractivity contribution in [2.24, 2.45) is 5.92 Å². The summed E-state index contributed by atoms with van der Waals surface area (Å²) in [6.45, 7) is 19.2. The summed E-state index contributed by atoms with van der Waals surface area (Å²) in [5.41, 5.74) is 2.00. The molecule has 0 aliphatic carbocycles. The molecule has 3 aromatic carbocycles. The third kappa shape index (κ3) is 8.37. The quantitative estimate of drug-likeness (QED) is 0.251. The Morgan fingerprint density at radius 3 is 2.09 bits per heavy atom. The molecule has 0 saturated heterocycles. The number of fused-ring (bicyclic) bond motifs is 1. The molecule has 3 aromatic rings. The second-order valence-electron chi connectivity index (χ2n) is 13.2. The molecule has 3 rings (SSSR count). The molecule has 0 radical (unpaired) electrons. The fraction of sp³-hybridized carbons (Fsp3) is 0.472. The number of amides is 3. The number of ether oxygens (including phenoxy) is 1. The zero-order valence-corrected chi connectivity index (χ0v) is 27.5. The SMILES string of the molecule is CCC(C)C(NC(=O)OC(C)(C)C)C(=O)N(C(C(=O)Nc1ccc2ccccc2c1)c1ccc(C)c(C)c1)C(C)(C)CC. The first kappa shape index (κ1) is 33.6. The van der Waals surface area contributed by atoms with E-state index in [-0.39, 0.29) is 17.7 Å². The van der Waals surface area contributed by atoms with Crippen LogP contribution in [0.15, 0.2) is 60.7 Å². The Morgan fingerprint density at radius 1 is 0.860 bits per heavy atom. The average molecular weight is 588 g/mol.